The van der Waals surface area contributed by atoms with Crippen molar-refractivity contribution in [1.82, 2.24) is 10.2 Å². The SMILES string of the molecule is COc1ccc(CCNC(=O)[C@H](Cc2ccccc2)N(Cc2ccc(OC)cc2)C(=O)Cc2ccc(Cl)cc2)cc1. The van der Waals surface area contributed by atoms with Gasteiger partial charge in [0.2, 0.25) is 11.8 Å². The van der Waals surface area contributed by atoms with E-state index >= 15 is 0 Å². The van der Waals surface area contributed by atoms with Crippen LogP contribution in [0.15, 0.2) is 103 Å². The van der Waals surface area contributed by atoms with Gasteiger partial charge in [-0.3, -0.25) is 9.59 Å². The minimum absolute atomic E-state index is 0.144. The van der Waals surface area contributed by atoms with Gasteiger partial charge in [-0.2, -0.15) is 0 Å². The molecule has 0 unspecified atom stereocenters. The van der Waals surface area contributed by atoms with Crippen molar-refractivity contribution in [1.29, 1.82) is 0 Å². The van der Waals surface area contributed by atoms with Gasteiger partial charge in [0.25, 0.3) is 0 Å². The number of halogens is 1. The van der Waals surface area contributed by atoms with Crippen molar-refractivity contribution in [3.8, 4) is 11.5 Å². The van der Waals surface area contributed by atoms with E-state index < -0.39 is 6.04 Å². The average Bonchev–Trinajstić information content (AvgIpc) is 3.01. The van der Waals surface area contributed by atoms with Crippen molar-refractivity contribution < 1.29 is 19.1 Å². The fourth-order valence-corrected chi connectivity index (χ4v) is 4.73. The van der Waals surface area contributed by atoms with E-state index in [4.69, 9.17) is 21.1 Å². The standard InChI is InChI=1S/C34H35ClN2O4/c1-40-30-16-10-25(11-17-30)20-21-36-34(39)32(22-26-6-4-3-5-7-26)37(24-28-12-18-31(41-2)19-13-28)33(38)23-27-8-14-29(35)15-9-27/h3-19,32H,20-24H2,1-2H3,(H,36,39)/t32-/m0/s1. The quantitative estimate of drug-likeness (QED) is 0.217. The lowest BCUT2D eigenvalue weighted by Crippen LogP contribution is -2.51. The third-order valence-electron chi connectivity index (χ3n) is 6.92. The van der Waals surface area contributed by atoms with Crippen LogP contribution in [0.4, 0.5) is 0 Å². The van der Waals surface area contributed by atoms with Crippen molar-refractivity contribution in [2.75, 3.05) is 20.8 Å². The number of hydrogen-bond donors (Lipinski definition) is 1. The summed E-state index contributed by atoms with van der Waals surface area (Å²) in [7, 11) is 3.25. The maximum absolute atomic E-state index is 13.9. The number of amides is 2. The third kappa shape index (κ3) is 8.85. The van der Waals surface area contributed by atoms with Gasteiger partial charge < -0.3 is 19.7 Å². The van der Waals surface area contributed by atoms with Crippen molar-refractivity contribution in [3.63, 3.8) is 0 Å². The molecule has 4 rings (SSSR count). The molecule has 1 N–H and O–H groups in total. The fraction of sp³-hybridized carbons (Fsp3) is 0.235. The van der Waals surface area contributed by atoms with Crippen LogP contribution in [0, 0.1) is 0 Å². The molecule has 6 nitrogen and oxygen atoms in total. The molecule has 0 aliphatic heterocycles. The molecule has 0 saturated carbocycles. The minimum Gasteiger partial charge on any atom is -0.497 e. The first-order valence-corrected chi connectivity index (χ1v) is 13.9. The molecule has 0 bridgehead atoms. The zero-order chi connectivity index (χ0) is 29.0. The Bertz CT molecular complexity index is 1390. The smallest absolute Gasteiger partial charge is 0.243 e. The largest absolute Gasteiger partial charge is 0.497 e. The fourth-order valence-electron chi connectivity index (χ4n) is 4.60. The molecule has 2 amide bonds. The van der Waals surface area contributed by atoms with Gasteiger partial charge in [0.1, 0.15) is 17.5 Å². The second kappa shape index (κ2) is 14.9. The van der Waals surface area contributed by atoms with Gasteiger partial charge in [-0.15, -0.1) is 0 Å². The summed E-state index contributed by atoms with van der Waals surface area (Å²) in [5.41, 5.74) is 3.79. The van der Waals surface area contributed by atoms with E-state index in [0.717, 1.165) is 33.8 Å². The van der Waals surface area contributed by atoms with Crippen LogP contribution in [0.1, 0.15) is 22.3 Å². The Kier molecular flexibility index (Phi) is 10.8. The lowest BCUT2D eigenvalue weighted by molar-refractivity contribution is -0.140. The van der Waals surface area contributed by atoms with Crippen LogP contribution in [0.3, 0.4) is 0 Å². The van der Waals surface area contributed by atoms with E-state index in [0.29, 0.717) is 24.4 Å². The monoisotopic (exact) mass is 570 g/mol. The van der Waals surface area contributed by atoms with E-state index in [1.807, 2.05) is 91.0 Å². The number of methoxy groups -OCH3 is 2. The van der Waals surface area contributed by atoms with Gasteiger partial charge >= 0.3 is 0 Å². The van der Waals surface area contributed by atoms with Crippen LogP contribution in [0.25, 0.3) is 0 Å². The maximum atomic E-state index is 13.9. The number of ether oxygens (including phenoxy) is 2. The molecule has 7 heteroatoms. The predicted octanol–water partition coefficient (Wildman–Crippen LogP) is 5.90. The molecule has 0 heterocycles. The van der Waals surface area contributed by atoms with Crippen LogP contribution < -0.4 is 14.8 Å². The van der Waals surface area contributed by atoms with E-state index in [1.165, 1.54) is 0 Å². The van der Waals surface area contributed by atoms with Crippen LogP contribution in [-0.4, -0.2) is 43.5 Å². The van der Waals surface area contributed by atoms with Crippen molar-refractivity contribution in [2.45, 2.75) is 31.8 Å². The lowest BCUT2D eigenvalue weighted by atomic mass is 10.0. The maximum Gasteiger partial charge on any atom is 0.243 e. The molecule has 0 aromatic heterocycles. The topological polar surface area (TPSA) is 67.9 Å². The summed E-state index contributed by atoms with van der Waals surface area (Å²) in [5, 5.41) is 3.70. The van der Waals surface area contributed by atoms with Crippen LogP contribution in [-0.2, 0) is 35.4 Å². The number of rotatable bonds is 13. The molecule has 0 aliphatic carbocycles. The normalized spacial score (nSPS) is 11.4. The second-order valence-electron chi connectivity index (χ2n) is 9.77. The number of hydrogen-bond acceptors (Lipinski definition) is 4. The molecule has 41 heavy (non-hydrogen) atoms. The Balaban J connectivity index is 1.58. The average molecular weight is 571 g/mol. The number of nitrogens with zero attached hydrogens (tertiary/aromatic N) is 1. The summed E-state index contributed by atoms with van der Waals surface area (Å²) < 4.78 is 10.5. The summed E-state index contributed by atoms with van der Waals surface area (Å²) in [6.07, 6.45) is 1.19. The number of carbonyl (C=O) groups is 2. The Morgan fingerprint density at radius 2 is 1.29 bits per heavy atom. The Morgan fingerprint density at radius 1 is 0.732 bits per heavy atom. The molecule has 1 atom stereocenters. The first kappa shape index (κ1) is 29.7. The van der Waals surface area contributed by atoms with E-state index in [-0.39, 0.29) is 24.8 Å². The van der Waals surface area contributed by atoms with Crippen molar-refractivity contribution in [2.24, 2.45) is 0 Å². The molecule has 4 aromatic rings. The van der Waals surface area contributed by atoms with Gasteiger partial charge in [-0.1, -0.05) is 78.3 Å². The first-order chi connectivity index (χ1) is 19.9. The van der Waals surface area contributed by atoms with Gasteiger partial charge in [0.05, 0.1) is 20.6 Å². The summed E-state index contributed by atoms with van der Waals surface area (Å²) >= 11 is 6.07. The Hall–Kier alpha value is -4.29. The highest BCUT2D eigenvalue weighted by Gasteiger charge is 2.30. The zero-order valence-corrected chi connectivity index (χ0v) is 24.1. The van der Waals surface area contributed by atoms with Gasteiger partial charge in [0, 0.05) is 24.5 Å². The minimum atomic E-state index is -0.713. The summed E-state index contributed by atoms with van der Waals surface area (Å²) in [5.74, 6) is 1.17. The molecule has 0 aliphatic rings. The van der Waals surface area contributed by atoms with Crippen LogP contribution in [0.2, 0.25) is 5.02 Å². The highest BCUT2D eigenvalue weighted by atomic mass is 35.5. The summed E-state index contributed by atoms with van der Waals surface area (Å²) in [4.78, 5) is 29.4. The van der Waals surface area contributed by atoms with Crippen LogP contribution >= 0.6 is 11.6 Å². The zero-order valence-electron chi connectivity index (χ0n) is 23.4. The number of nitrogens with one attached hydrogen (secondary N) is 1. The van der Waals surface area contributed by atoms with E-state index in [1.54, 1.807) is 31.3 Å². The lowest BCUT2D eigenvalue weighted by Gasteiger charge is -2.32. The first-order valence-electron chi connectivity index (χ1n) is 13.6. The predicted molar refractivity (Wildman–Crippen MR) is 162 cm³/mol. The highest BCUT2D eigenvalue weighted by Crippen LogP contribution is 2.20. The van der Waals surface area contributed by atoms with E-state index in [2.05, 4.69) is 5.32 Å². The van der Waals surface area contributed by atoms with Crippen molar-refractivity contribution in [3.05, 3.63) is 130 Å². The Morgan fingerprint density at radius 3 is 1.88 bits per heavy atom. The van der Waals surface area contributed by atoms with Gasteiger partial charge in [-0.05, 0) is 65.1 Å². The molecule has 0 saturated heterocycles. The molecular formula is C34H35ClN2O4. The molecular weight excluding hydrogens is 536 g/mol. The van der Waals surface area contributed by atoms with Gasteiger partial charge in [0.15, 0.2) is 0 Å². The number of carbonyl (C=O) groups excluding carboxylic acids is 2. The molecule has 212 valence electrons. The molecule has 0 radical (unpaired) electrons. The highest BCUT2D eigenvalue weighted by molar-refractivity contribution is 6.30. The number of benzene rings is 4. The van der Waals surface area contributed by atoms with E-state index in [9.17, 15) is 9.59 Å². The van der Waals surface area contributed by atoms with Gasteiger partial charge in [-0.25, -0.2) is 0 Å². The molecule has 0 fully saturated rings. The molecule has 0 spiro atoms. The third-order valence-corrected chi connectivity index (χ3v) is 7.18. The Labute approximate surface area is 246 Å². The summed E-state index contributed by atoms with van der Waals surface area (Å²) in [6.45, 7) is 0.720. The molecule has 4 aromatic carbocycles. The van der Waals surface area contributed by atoms with Crippen LogP contribution in [0.5, 0.6) is 11.5 Å². The summed E-state index contributed by atoms with van der Waals surface area (Å²) in [6, 6.07) is 31.6. The second-order valence-corrected chi connectivity index (χ2v) is 10.2. The van der Waals surface area contributed by atoms with Crippen molar-refractivity contribution >= 4 is 23.4 Å².